The zero-order chi connectivity index (χ0) is 20.8. The van der Waals surface area contributed by atoms with Gasteiger partial charge in [-0.3, -0.25) is 4.90 Å². The molecule has 2 atom stereocenters. The van der Waals surface area contributed by atoms with Gasteiger partial charge in [0.15, 0.2) is 0 Å². The molecule has 0 amide bonds. The summed E-state index contributed by atoms with van der Waals surface area (Å²) in [4.78, 5) is 13.8. The predicted octanol–water partition coefficient (Wildman–Crippen LogP) is 4.72. The summed E-state index contributed by atoms with van der Waals surface area (Å²) in [6.45, 7) is 4.46. The van der Waals surface area contributed by atoms with Gasteiger partial charge in [-0.05, 0) is 41.3 Å². The van der Waals surface area contributed by atoms with Crippen molar-refractivity contribution in [3.63, 3.8) is 0 Å². The van der Waals surface area contributed by atoms with Crippen LogP contribution in [0, 0.1) is 6.92 Å². The molecule has 0 aromatic heterocycles. The van der Waals surface area contributed by atoms with Gasteiger partial charge in [-0.25, -0.2) is 0 Å². The minimum atomic E-state index is -0.213. The predicted molar refractivity (Wildman–Crippen MR) is 117 cm³/mol. The maximum Gasteiger partial charge on any atom is 0.139 e. The van der Waals surface area contributed by atoms with Gasteiger partial charge in [-0.15, -0.1) is 0 Å². The molecule has 1 heterocycles. The van der Waals surface area contributed by atoms with Crippen molar-refractivity contribution < 1.29 is 14.3 Å². The van der Waals surface area contributed by atoms with E-state index in [1.165, 1.54) is 5.56 Å². The number of hydrogen-bond acceptors (Lipinski definition) is 4. The minimum Gasteiger partial charge on any atom is -0.489 e. The zero-order valence-electron chi connectivity index (χ0n) is 17.2. The summed E-state index contributed by atoms with van der Waals surface area (Å²) in [7, 11) is 0. The molecular formula is C26H27NO3. The van der Waals surface area contributed by atoms with E-state index in [4.69, 9.17) is 9.47 Å². The first kappa shape index (κ1) is 20.3. The number of aldehydes is 1. The SMILES string of the molecule is Cc1cc(OCc2ccccc2)ccc1C1CN(Cc2ccccc2)C(C=O)CO1. The Kier molecular flexibility index (Phi) is 6.57. The number of rotatable bonds is 7. The van der Waals surface area contributed by atoms with Crippen LogP contribution in [-0.2, 0) is 22.7 Å². The van der Waals surface area contributed by atoms with Crippen LogP contribution >= 0.6 is 0 Å². The van der Waals surface area contributed by atoms with Crippen molar-refractivity contribution in [2.75, 3.05) is 13.2 Å². The zero-order valence-corrected chi connectivity index (χ0v) is 17.2. The van der Waals surface area contributed by atoms with Crippen molar-refractivity contribution in [2.24, 2.45) is 0 Å². The number of hydrogen-bond donors (Lipinski definition) is 0. The summed E-state index contributed by atoms with van der Waals surface area (Å²) in [5.41, 5.74) is 4.62. The molecule has 1 fully saturated rings. The van der Waals surface area contributed by atoms with Crippen molar-refractivity contribution in [2.45, 2.75) is 32.2 Å². The molecule has 2 unspecified atom stereocenters. The topological polar surface area (TPSA) is 38.8 Å². The Morgan fingerprint density at radius 1 is 1.00 bits per heavy atom. The lowest BCUT2D eigenvalue weighted by molar-refractivity contribution is -0.124. The Balaban J connectivity index is 1.44. The first-order valence-corrected chi connectivity index (χ1v) is 10.3. The van der Waals surface area contributed by atoms with Crippen molar-refractivity contribution in [1.82, 2.24) is 4.90 Å². The third kappa shape index (κ3) is 4.96. The molecule has 3 aromatic carbocycles. The second-order valence-corrected chi connectivity index (χ2v) is 7.73. The van der Waals surface area contributed by atoms with Gasteiger partial charge in [0, 0.05) is 13.1 Å². The quantitative estimate of drug-likeness (QED) is 0.537. The van der Waals surface area contributed by atoms with Crippen LogP contribution in [-0.4, -0.2) is 30.4 Å². The molecule has 154 valence electrons. The number of ether oxygens (including phenoxy) is 2. The fourth-order valence-corrected chi connectivity index (χ4v) is 3.87. The van der Waals surface area contributed by atoms with Gasteiger partial charge in [-0.1, -0.05) is 66.7 Å². The molecule has 0 spiro atoms. The lowest BCUT2D eigenvalue weighted by atomic mass is 10.00. The van der Waals surface area contributed by atoms with Gasteiger partial charge >= 0.3 is 0 Å². The molecule has 4 rings (SSSR count). The first-order valence-electron chi connectivity index (χ1n) is 10.3. The van der Waals surface area contributed by atoms with Crippen LogP contribution in [0.5, 0.6) is 5.75 Å². The number of aryl methyl sites for hydroxylation is 1. The number of morpholine rings is 1. The highest BCUT2D eigenvalue weighted by atomic mass is 16.5. The summed E-state index contributed by atoms with van der Waals surface area (Å²) in [5, 5.41) is 0. The van der Waals surface area contributed by atoms with Gasteiger partial charge in [-0.2, -0.15) is 0 Å². The van der Waals surface area contributed by atoms with E-state index in [0.717, 1.165) is 35.3 Å². The standard InChI is InChI=1S/C26H27NO3/c1-20-14-24(29-18-22-10-6-3-7-11-22)12-13-25(20)26-16-27(23(17-28)19-30-26)15-21-8-4-2-5-9-21/h2-14,17,23,26H,15-16,18-19H2,1H3. The van der Waals surface area contributed by atoms with Crippen molar-refractivity contribution in [3.8, 4) is 5.75 Å². The number of carbonyl (C=O) groups is 1. The van der Waals surface area contributed by atoms with Gasteiger partial charge in [0.1, 0.15) is 18.6 Å². The smallest absolute Gasteiger partial charge is 0.139 e. The van der Waals surface area contributed by atoms with E-state index in [9.17, 15) is 4.79 Å². The monoisotopic (exact) mass is 401 g/mol. The molecule has 0 bridgehead atoms. The van der Waals surface area contributed by atoms with Crippen LogP contribution < -0.4 is 4.74 Å². The van der Waals surface area contributed by atoms with Crippen LogP contribution in [0.1, 0.15) is 28.4 Å². The average molecular weight is 402 g/mol. The largest absolute Gasteiger partial charge is 0.489 e. The lowest BCUT2D eigenvalue weighted by Crippen LogP contribution is -2.47. The summed E-state index contributed by atoms with van der Waals surface area (Å²) in [6, 6.07) is 26.3. The second kappa shape index (κ2) is 9.70. The maximum atomic E-state index is 11.6. The molecule has 1 saturated heterocycles. The summed E-state index contributed by atoms with van der Waals surface area (Å²) in [6.07, 6.45) is 0.931. The summed E-state index contributed by atoms with van der Waals surface area (Å²) in [5.74, 6) is 0.850. The molecular weight excluding hydrogens is 374 g/mol. The lowest BCUT2D eigenvalue weighted by Gasteiger charge is -2.37. The van der Waals surface area contributed by atoms with Crippen molar-refractivity contribution >= 4 is 6.29 Å². The Bertz CT molecular complexity index is 959. The van der Waals surface area contributed by atoms with E-state index in [1.54, 1.807) is 0 Å². The Morgan fingerprint density at radius 2 is 1.70 bits per heavy atom. The Morgan fingerprint density at radius 3 is 2.37 bits per heavy atom. The second-order valence-electron chi connectivity index (χ2n) is 7.73. The van der Waals surface area contributed by atoms with Crippen LogP contribution in [0.15, 0.2) is 78.9 Å². The molecule has 30 heavy (non-hydrogen) atoms. The maximum absolute atomic E-state index is 11.6. The highest BCUT2D eigenvalue weighted by Crippen LogP contribution is 2.30. The van der Waals surface area contributed by atoms with E-state index < -0.39 is 0 Å². The van der Waals surface area contributed by atoms with Crippen molar-refractivity contribution in [1.29, 1.82) is 0 Å². The third-order valence-corrected chi connectivity index (χ3v) is 5.56. The minimum absolute atomic E-state index is 0.0620. The van der Waals surface area contributed by atoms with Gasteiger partial charge in [0.2, 0.25) is 0 Å². The molecule has 4 nitrogen and oxygen atoms in total. The van der Waals surface area contributed by atoms with E-state index in [1.807, 2.05) is 42.5 Å². The number of nitrogens with zero attached hydrogens (tertiary/aromatic N) is 1. The van der Waals surface area contributed by atoms with Gasteiger partial charge in [0.25, 0.3) is 0 Å². The van der Waals surface area contributed by atoms with E-state index in [0.29, 0.717) is 19.8 Å². The molecule has 0 aliphatic carbocycles. The van der Waals surface area contributed by atoms with Crippen LogP contribution in [0.25, 0.3) is 0 Å². The van der Waals surface area contributed by atoms with E-state index in [-0.39, 0.29) is 12.1 Å². The molecule has 3 aromatic rings. The normalized spacial score (nSPS) is 19.4. The Hall–Kier alpha value is -2.95. The van der Waals surface area contributed by atoms with Crippen LogP contribution in [0.3, 0.4) is 0 Å². The number of benzene rings is 3. The molecule has 0 N–H and O–H groups in total. The van der Waals surface area contributed by atoms with E-state index >= 15 is 0 Å². The summed E-state index contributed by atoms with van der Waals surface area (Å²) < 4.78 is 12.0. The van der Waals surface area contributed by atoms with Crippen LogP contribution in [0.2, 0.25) is 0 Å². The Labute approximate surface area is 178 Å². The fraction of sp³-hybridized carbons (Fsp3) is 0.269. The third-order valence-electron chi connectivity index (χ3n) is 5.56. The van der Waals surface area contributed by atoms with E-state index in [2.05, 4.69) is 48.2 Å². The van der Waals surface area contributed by atoms with Gasteiger partial charge in [0.05, 0.1) is 18.8 Å². The van der Waals surface area contributed by atoms with Gasteiger partial charge < -0.3 is 14.3 Å². The van der Waals surface area contributed by atoms with Crippen molar-refractivity contribution in [3.05, 3.63) is 101 Å². The molecule has 4 heteroatoms. The molecule has 1 aliphatic heterocycles. The molecule has 1 aliphatic rings. The highest BCUT2D eigenvalue weighted by molar-refractivity contribution is 5.58. The van der Waals surface area contributed by atoms with Crippen LogP contribution in [0.4, 0.5) is 0 Å². The molecule has 0 saturated carbocycles. The summed E-state index contributed by atoms with van der Waals surface area (Å²) >= 11 is 0. The number of carbonyl (C=O) groups excluding carboxylic acids is 1. The first-order chi connectivity index (χ1) is 14.7. The average Bonchev–Trinajstić information content (AvgIpc) is 2.79. The molecule has 0 radical (unpaired) electrons. The fourth-order valence-electron chi connectivity index (χ4n) is 3.87. The highest BCUT2D eigenvalue weighted by Gasteiger charge is 2.30.